The molecule has 4 aromatic rings. The Morgan fingerprint density at radius 3 is 2.38 bits per heavy atom. The molecule has 0 unspecified atom stereocenters. The van der Waals surface area contributed by atoms with E-state index in [0.717, 1.165) is 38.2 Å². The maximum atomic E-state index is 11.6. The Balaban J connectivity index is 0.00000196. The molecular formula is C21H16ClNO2S. The summed E-state index contributed by atoms with van der Waals surface area (Å²) in [6.07, 6.45) is -0.0602. The predicted octanol–water partition coefficient (Wildman–Crippen LogP) is 5.68. The van der Waals surface area contributed by atoms with Gasteiger partial charge >= 0.3 is 5.97 Å². The maximum Gasteiger partial charge on any atom is 0.307 e. The molecule has 0 fully saturated rings. The molecule has 4 rings (SSSR count). The molecule has 0 bridgehead atoms. The van der Waals surface area contributed by atoms with E-state index in [1.165, 1.54) is 0 Å². The monoisotopic (exact) mass is 381 g/mol. The summed E-state index contributed by atoms with van der Waals surface area (Å²) < 4.78 is 0. The molecular weight excluding hydrogens is 366 g/mol. The van der Waals surface area contributed by atoms with Crippen molar-refractivity contribution in [3.8, 4) is 21.7 Å². The first-order valence-electron chi connectivity index (χ1n) is 7.97. The number of nitrogens with zero attached hydrogens (tertiary/aromatic N) is 1. The van der Waals surface area contributed by atoms with Gasteiger partial charge in [-0.15, -0.1) is 23.7 Å². The number of para-hydroxylation sites is 1. The van der Waals surface area contributed by atoms with Gasteiger partial charge in [-0.2, -0.15) is 0 Å². The van der Waals surface area contributed by atoms with Crippen LogP contribution in [0.3, 0.4) is 0 Å². The standard InChI is InChI=1S/C21H15NO2S.ClH/c23-19(24)13-16-20(14-7-2-1-3-8-14)15-9-4-5-10-17(15)22-21(16)18-11-6-12-25-18;/h1-12H,13H2,(H,23,24);1H. The molecule has 0 saturated heterocycles. The van der Waals surface area contributed by atoms with Crippen LogP contribution in [0.5, 0.6) is 0 Å². The Morgan fingerprint density at radius 1 is 0.962 bits per heavy atom. The number of carbonyl (C=O) groups is 1. The van der Waals surface area contributed by atoms with Gasteiger partial charge in [0.25, 0.3) is 0 Å². The van der Waals surface area contributed by atoms with E-state index in [2.05, 4.69) is 0 Å². The lowest BCUT2D eigenvalue weighted by atomic mass is 9.92. The lowest BCUT2D eigenvalue weighted by Gasteiger charge is -2.16. The topological polar surface area (TPSA) is 50.2 Å². The molecule has 2 aromatic carbocycles. The fourth-order valence-corrected chi connectivity index (χ4v) is 3.87. The molecule has 0 radical (unpaired) electrons. The number of aliphatic carboxylic acids is 1. The molecule has 130 valence electrons. The minimum absolute atomic E-state index is 0. The van der Waals surface area contributed by atoms with E-state index < -0.39 is 5.97 Å². The Kier molecular flexibility index (Phi) is 5.35. The zero-order chi connectivity index (χ0) is 17.2. The van der Waals surface area contributed by atoms with Crippen LogP contribution in [0.2, 0.25) is 0 Å². The van der Waals surface area contributed by atoms with E-state index >= 15 is 0 Å². The van der Waals surface area contributed by atoms with Crippen LogP contribution in [-0.2, 0) is 11.2 Å². The van der Waals surface area contributed by atoms with Crippen molar-refractivity contribution in [3.63, 3.8) is 0 Å². The predicted molar refractivity (Wildman–Crippen MR) is 109 cm³/mol. The first kappa shape index (κ1) is 18.1. The molecule has 0 aliphatic rings. The normalized spacial score (nSPS) is 10.5. The minimum Gasteiger partial charge on any atom is -0.481 e. The second kappa shape index (κ2) is 7.68. The third-order valence-electron chi connectivity index (χ3n) is 4.14. The van der Waals surface area contributed by atoms with E-state index in [9.17, 15) is 9.90 Å². The van der Waals surface area contributed by atoms with Crippen molar-refractivity contribution in [1.82, 2.24) is 4.98 Å². The molecule has 0 amide bonds. The summed E-state index contributed by atoms with van der Waals surface area (Å²) in [7, 11) is 0. The molecule has 0 aliphatic heterocycles. The van der Waals surface area contributed by atoms with Crippen LogP contribution in [0.15, 0.2) is 72.1 Å². The maximum absolute atomic E-state index is 11.6. The van der Waals surface area contributed by atoms with Gasteiger partial charge in [-0.25, -0.2) is 4.98 Å². The van der Waals surface area contributed by atoms with Crippen molar-refractivity contribution in [1.29, 1.82) is 0 Å². The minimum atomic E-state index is -0.855. The number of aromatic nitrogens is 1. The van der Waals surface area contributed by atoms with E-state index in [1.54, 1.807) is 11.3 Å². The van der Waals surface area contributed by atoms with Gasteiger partial charge in [-0.3, -0.25) is 4.79 Å². The molecule has 0 saturated carbocycles. The van der Waals surface area contributed by atoms with Gasteiger partial charge in [-0.05, 0) is 34.2 Å². The van der Waals surface area contributed by atoms with Crippen LogP contribution >= 0.6 is 23.7 Å². The molecule has 0 aliphatic carbocycles. The van der Waals surface area contributed by atoms with Gasteiger partial charge in [-0.1, -0.05) is 54.6 Å². The molecule has 1 N–H and O–H groups in total. The lowest BCUT2D eigenvalue weighted by molar-refractivity contribution is -0.136. The van der Waals surface area contributed by atoms with E-state index in [1.807, 2.05) is 72.1 Å². The van der Waals surface area contributed by atoms with Gasteiger partial charge in [0, 0.05) is 5.39 Å². The van der Waals surface area contributed by atoms with Crippen LogP contribution in [0.1, 0.15) is 5.56 Å². The first-order valence-corrected chi connectivity index (χ1v) is 8.84. The molecule has 5 heteroatoms. The fourth-order valence-electron chi connectivity index (χ4n) is 3.13. The Labute approximate surface area is 161 Å². The van der Waals surface area contributed by atoms with Crippen molar-refractivity contribution >= 4 is 40.6 Å². The Morgan fingerprint density at radius 2 is 1.69 bits per heavy atom. The van der Waals surface area contributed by atoms with Crippen molar-refractivity contribution in [3.05, 3.63) is 77.7 Å². The molecule has 3 nitrogen and oxygen atoms in total. The van der Waals surface area contributed by atoms with Crippen LogP contribution in [0.25, 0.3) is 32.6 Å². The largest absolute Gasteiger partial charge is 0.481 e. The van der Waals surface area contributed by atoms with Crippen molar-refractivity contribution in [2.45, 2.75) is 6.42 Å². The summed E-state index contributed by atoms with van der Waals surface area (Å²) in [6.45, 7) is 0. The Hall–Kier alpha value is -2.69. The SMILES string of the molecule is Cl.O=C(O)Cc1c(-c2cccs2)nc2ccccc2c1-c1ccccc1. The summed E-state index contributed by atoms with van der Waals surface area (Å²) in [5.41, 5.74) is 4.36. The Bertz CT molecular complexity index is 1050. The highest BCUT2D eigenvalue weighted by Crippen LogP contribution is 2.38. The smallest absolute Gasteiger partial charge is 0.307 e. The average molecular weight is 382 g/mol. The van der Waals surface area contributed by atoms with Gasteiger partial charge in [0.15, 0.2) is 0 Å². The highest BCUT2D eigenvalue weighted by atomic mass is 35.5. The summed E-state index contributed by atoms with van der Waals surface area (Å²) in [5.74, 6) is -0.855. The number of thiophene rings is 1. The summed E-state index contributed by atoms with van der Waals surface area (Å²) >= 11 is 1.57. The third-order valence-corrected chi connectivity index (χ3v) is 5.01. The fraction of sp³-hybridized carbons (Fsp3) is 0.0476. The van der Waals surface area contributed by atoms with Gasteiger partial charge in [0.2, 0.25) is 0 Å². The van der Waals surface area contributed by atoms with Gasteiger partial charge < -0.3 is 5.11 Å². The van der Waals surface area contributed by atoms with Gasteiger partial charge in [0.05, 0.1) is 22.5 Å². The van der Waals surface area contributed by atoms with Crippen molar-refractivity contribution in [2.24, 2.45) is 0 Å². The highest BCUT2D eigenvalue weighted by Gasteiger charge is 2.20. The summed E-state index contributed by atoms with van der Waals surface area (Å²) in [4.78, 5) is 17.4. The van der Waals surface area contributed by atoms with E-state index in [4.69, 9.17) is 4.98 Å². The zero-order valence-corrected chi connectivity index (χ0v) is 15.4. The number of hydrogen-bond donors (Lipinski definition) is 1. The third kappa shape index (κ3) is 3.34. The zero-order valence-electron chi connectivity index (χ0n) is 13.8. The number of carboxylic acids is 1. The van der Waals surface area contributed by atoms with Crippen LogP contribution < -0.4 is 0 Å². The molecule has 2 heterocycles. The highest BCUT2D eigenvalue weighted by molar-refractivity contribution is 7.13. The number of benzene rings is 2. The summed E-state index contributed by atoms with van der Waals surface area (Å²) in [6, 6.07) is 21.8. The van der Waals surface area contributed by atoms with Crippen LogP contribution in [-0.4, -0.2) is 16.1 Å². The quantitative estimate of drug-likeness (QED) is 0.494. The van der Waals surface area contributed by atoms with Gasteiger partial charge in [0.1, 0.15) is 0 Å². The number of pyridine rings is 1. The number of carboxylic acid groups (broad SMARTS) is 1. The van der Waals surface area contributed by atoms with Crippen molar-refractivity contribution in [2.75, 3.05) is 0 Å². The van der Waals surface area contributed by atoms with Crippen LogP contribution in [0, 0.1) is 0 Å². The average Bonchev–Trinajstić information content (AvgIpc) is 3.16. The van der Waals surface area contributed by atoms with E-state index in [0.29, 0.717) is 0 Å². The molecule has 0 spiro atoms. The number of halogens is 1. The van der Waals surface area contributed by atoms with Crippen molar-refractivity contribution < 1.29 is 9.90 Å². The van der Waals surface area contributed by atoms with E-state index in [-0.39, 0.29) is 18.8 Å². The molecule has 2 aromatic heterocycles. The number of rotatable bonds is 4. The second-order valence-corrected chi connectivity index (χ2v) is 6.69. The lowest BCUT2D eigenvalue weighted by Crippen LogP contribution is -2.06. The first-order chi connectivity index (χ1) is 12.2. The summed E-state index contributed by atoms with van der Waals surface area (Å²) in [5, 5.41) is 12.5. The molecule has 26 heavy (non-hydrogen) atoms. The van der Waals surface area contributed by atoms with Crippen LogP contribution in [0.4, 0.5) is 0 Å². The second-order valence-electron chi connectivity index (χ2n) is 5.74. The number of fused-ring (bicyclic) bond motifs is 1. The molecule has 0 atom stereocenters. The number of hydrogen-bond acceptors (Lipinski definition) is 3.